The molecule has 0 N–H and O–H groups in total. The number of unbranched alkanes of at least 4 members (excludes halogenated alkanes) is 2. The van der Waals surface area contributed by atoms with E-state index in [-0.39, 0.29) is 5.78 Å². The van der Waals surface area contributed by atoms with Crippen LogP contribution in [0.5, 0.6) is 0 Å². The zero-order valence-corrected chi connectivity index (χ0v) is 12.1. The van der Waals surface area contributed by atoms with Crippen LogP contribution in [0.1, 0.15) is 47.7 Å². The normalized spacial score (nSPS) is 10.4. The summed E-state index contributed by atoms with van der Waals surface area (Å²) in [6.07, 6.45) is 5.99. The van der Waals surface area contributed by atoms with Gasteiger partial charge < -0.3 is 0 Å². The Bertz CT molecular complexity index is 525. The van der Waals surface area contributed by atoms with Gasteiger partial charge in [0.15, 0.2) is 5.78 Å². The van der Waals surface area contributed by atoms with Gasteiger partial charge in [-0.3, -0.25) is 4.79 Å². The number of hydrogen-bond donors (Lipinski definition) is 0. The van der Waals surface area contributed by atoms with Crippen LogP contribution in [0.2, 0.25) is 0 Å². The fourth-order valence-electron chi connectivity index (χ4n) is 2.39. The third kappa shape index (κ3) is 4.65. The number of benzene rings is 2. The summed E-state index contributed by atoms with van der Waals surface area (Å²) in [4.78, 5) is 11.2. The van der Waals surface area contributed by atoms with E-state index in [1.807, 2.05) is 12.1 Å². The van der Waals surface area contributed by atoms with E-state index in [1.54, 1.807) is 6.92 Å². The molecule has 0 unspecified atom stereocenters. The van der Waals surface area contributed by atoms with E-state index in [2.05, 4.69) is 42.5 Å². The number of hydrogen-bond acceptors (Lipinski definition) is 1. The molecule has 1 heteroatoms. The van der Waals surface area contributed by atoms with Crippen molar-refractivity contribution < 1.29 is 4.79 Å². The van der Waals surface area contributed by atoms with E-state index in [1.165, 1.54) is 36.8 Å². The average Bonchev–Trinajstić information content (AvgIpc) is 2.48. The highest BCUT2D eigenvalue weighted by atomic mass is 16.1. The maximum atomic E-state index is 11.2. The van der Waals surface area contributed by atoms with Gasteiger partial charge in [0.2, 0.25) is 0 Å². The van der Waals surface area contributed by atoms with Gasteiger partial charge in [-0.15, -0.1) is 0 Å². The van der Waals surface area contributed by atoms with Crippen molar-refractivity contribution in [3.63, 3.8) is 0 Å². The first kappa shape index (κ1) is 14.5. The lowest BCUT2D eigenvalue weighted by atomic mass is 10.0. The molecule has 104 valence electrons. The smallest absolute Gasteiger partial charge is 0.159 e. The summed E-state index contributed by atoms with van der Waals surface area (Å²) in [5.41, 5.74) is 3.56. The minimum atomic E-state index is 0.138. The highest BCUT2D eigenvalue weighted by Crippen LogP contribution is 2.11. The van der Waals surface area contributed by atoms with Crippen LogP contribution in [0, 0.1) is 0 Å². The second-order valence-electron chi connectivity index (χ2n) is 5.30. The second kappa shape index (κ2) is 7.64. The summed E-state index contributed by atoms with van der Waals surface area (Å²) in [5.74, 6) is 0.138. The molecule has 0 atom stereocenters. The summed E-state index contributed by atoms with van der Waals surface area (Å²) in [6, 6.07) is 18.7. The summed E-state index contributed by atoms with van der Waals surface area (Å²) < 4.78 is 0. The van der Waals surface area contributed by atoms with Crippen molar-refractivity contribution in [1.82, 2.24) is 0 Å². The lowest BCUT2D eigenvalue weighted by Gasteiger charge is -2.03. The minimum absolute atomic E-state index is 0.138. The molecule has 2 aromatic rings. The Balaban J connectivity index is 1.67. The first-order valence-corrected chi connectivity index (χ1v) is 7.39. The van der Waals surface area contributed by atoms with Gasteiger partial charge in [0.05, 0.1) is 0 Å². The molecule has 0 heterocycles. The molecule has 0 radical (unpaired) electrons. The summed E-state index contributed by atoms with van der Waals surface area (Å²) >= 11 is 0. The van der Waals surface area contributed by atoms with Crippen molar-refractivity contribution >= 4 is 5.78 Å². The molecule has 0 saturated carbocycles. The molecule has 0 saturated heterocycles. The van der Waals surface area contributed by atoms with E-state index in [4.69, 9.17) is 0 Å². The minimum Gasteiger partial charge on any atom is -0.295 e. The van der Waals surface area contributed by atoms with Crippen LogP contribution in [-0.2, 0) is 12.8 Å². The molecule has 0 aliphatic rings. The van der Waals surface area contributed by atoms with Gasteiger partial charge in [-0.2, -0.15) is 0 Å². The molecular weight excluding hydrogens is 244 g/mol. The first-order chi connectivity index (χ1) is 9.75. The number of rotatable bonds is 7. The molecule has 2 rings (SSSR count). The Kier molecular flexibility index (Phi) is 5.55. The topological polar surface area (TPSA) is 17.1 Å². The van der Waals surface area contributed by atoms with Gasteiger partial charge >= 0.3 is 0 Å². The summed E-state index contributed by atoms with van der Waals surface area (Å²) in [5, 5.41) is 0. The highest BCUT2D eigenvalue weighted by Gasteiger charge is 1.99. The Morgan fingerprint density at radius 1 is 0.750 bits per heavy atom. The second-order valence-corrected chi connectivity index (χ2v) is 5.30. The number of Topliss-reactive ketones (excluding diaryl/α,β-unsaturated/α-hetero) is 1. The van der Waals surface area contributed by atoms with Gasteiger partial charge in [0, 0.05) is 5.56 Å². The zero-order chi connectivity index (χ0) is 14.2. The summed E-state index contributed by atoms with van der Waals surface area (Å²) in [6.45, 7) is 1.61. The van der Waals surface area contributed by atoms with Crippen molar-refractivity contribution in [2.24, 2.45) is 0 Å². The Morgan fingerprint density at radius 2 is 1.30 bits per heavy atom. The molecule has 0 fully saturated rings. The van der Waals surface area contributed by atoms with E-state index in [0.29, 0.717) is 0 Å². The average molecular weight is 266 g/mol. The van der Waals surface area contributed by atoms with Crippen LogP contribution in [-0.4, -0.2) is 5.78 Å². The number of carbonyl (C=O) groups is 1. The van der Waals surface area contributed by atoms with Crippen molar-refractivity contribution in [3.8, 4) is 0 Å². The van der Waals surface area contributed by atoms with Crippen LogP contribution >= 0.6 is 0 Å². The van der Waals surface area contributed by atoms with Crippen molar-refractivity contribution in [3.05, 3.63) is 71.3 Å². The molecule has 0 aromatic heterocycles. The molecule has 0 aliphatic carbocycles. The van der Waals surface area contributed by atoms with Gasteiger partial charge in [0.25, 0.3) is 0 Å². The summed E-state index contributed by atoms with van der Waals surface area (Å²) in [7, 11) is 0. The van der Waals surface area contributed by atoms with E-state index in [9.17, 15) is 4.79 Å². The first-order valence-electron chi connectivity index (χ1n) is 7.39. The van der Waals surface area contributed by atoms with Crippen molar-refractivity contribution in [2.45, 2.75) is 39.0 Å². The lowest BCUT2D eigenvalue weighted by molar-refractivity contribution is 0.101. The predicted molar refractivity (Wildman–Crippen MR) is 84.1 cm³/mol. The largest absolute Gasteiger partial charge is 0.295 e. The van der Waals surface area contributed by atoms with Gasteiger partial charge in [0.1, 0.15) is 0 Å². The van der Waals surface area contributed by atoms with Crippen molar-refractivity contribution in [1.29, 1.82) is 0 Å². The molecule has 0 spiro atoms. The Morgan fingerprint density at radius 3 is 1.85 bits per heavy atom. The Labute approximate surface area is 121 Å². The molecule has 1 nitrogen and oxygen atoms in total. The Hall–Kier alpha value is -1.89. The molecule has 0 bridgehead atoms. The van der Waals surface area contributed by atoms with Gasteiger partial charge in [-0.25, -0.2) is 0 Å². The quantitative estimate of drug-likeness (QED) is 0.517. The highest BCUT2D eigenvalue weighted by molar-refractivity contribution is 5.93. The third-order valence-corrected chi connectivity index (χ3v) is 3.63. The van der Waals surface area contributed by atoms with E-state index < -0.39 is 0 Å². The fraction of sp³-hybridized carbons (Fsp3) is 0.316. The van der Waals surface area contributed by atoms with Gasteiger partial charge in [-0.05, 0) is 43.7 Å². The molecular formula is C19H22O. The van der Waals surface area contributed by atoms with Crippen LogP contribution in [0.3, 0.4) is 0 Å². The van der Waals surface area contributed by atoms with Crippen LogP contribution < -0.4 is 0 Å². The third-order valence-electron chi connectivity index (χ3n) is 3.63. The number of aryl methyl sites for hydroxylation is 2. The van der Waals surface area contributed by atoms with E-state index in [0.717, 1.165) is 12.0 Å². The monoisotopic (exact) mass is 266 g/mol. The van der Waals surface area contributed by atoms with E-state index >= 15 is 0 Å². The number of ketones is 1. The molecule has 0 aliphatic heterocycles. The molecule has 20 heavy (non-hydrogen) atoms. The number of carbonyl (C=O) groups excluding carboxylic acids is 1. The molecule has 2 aromatic carbocycles. The van der Waals surface area contributed by atoms with Crippen LogP contribution in [0.15, 0.2) is 54.6 Å². The fourth-order valence-corrected chi connectivity index (χ4v) is 2.39. The maximum Gasteiger partial charge on any atom is 0.159 e. The standard InChI is InChI=1S/C19H22O/c1-16(20)19-14-12-18(13-15-19)11-7-3-6-10-17-8-4-2-5-9-17/h2,4-5,8-9,12-15H,3,6-7,10-11H2,1H3. The van der Waals surface area contributed by atoms with Gasteiger partial charge in [-0.1, -0.05) is 61.0 Å². The lowest BCUT2D eigenvalue weighted by Crippen LogP contribution is -1.93. The predicted octanol–water partition coefficient (Wildman–Crippen LogP) is 4.84. The maximum absolute atomic E-state index is 11.2. The SMILES string of the molecule is CC(=O)c1ccc(CCCCCc2ccccc2)cc1. The molecule has 0 amide bonds. The zero-order valence-electron chi connectivity index (χ0n) is 12.1. The van der Waals surface area contributed by atoms with Crippen LogP contribution in [0.4, 0.5) is 0 Å². The van der Waals surface area contributed by atoms with Crippen molar-refractivity contribution in [2.75, 3.05) is 0 Å². The van der Waals surface area contributed by atoms with Crippen LogP contribution in [0.25, 0.3) is 0 Å².